The molecule has 1 aliphatic carbocycles. The molecule has 1 aliphatic heterocycles. The highest BCUT2D eigenvalue weighted by atomic mass is 16.5. The van der Waals surface area contributed by atoms with Gasteiger partial charge in [0.05, 0.1) is 24.2 Å². The van der Waals surface area contributed by atoms with Gasteiger partial charge in [-0.3, -0.25) is 14.9 Å². The predicted molar refractivity (Wildman–Crippen MR) is 94.0 cm³/mol. The van der Waals surface area contributed by atoms with Crippen LogP contribution in [0.1, 0.15) is 32.1 Å². The lowest BCUT2D eigenvalue weighted by molar-refractivity contribution is -0.133. The van der Waals surface area contributed by atoms with E-state index in [9.17, 15) is 4.79 Å². The highest BCUT2D eigenvalue weighted by Crippen LogP contribution is 2.33. The first-order valence-electron chi connectivity index (χ1n) is 9.14. The molecule has 3 heterocycles. The maximum atomic E-state index is 12.1. The molecule has 1 saturated heterocycles. The van der Waals surface area contributed by atoms with Crippen molar-refractivity contribution in [3.05, 3.63) is 30.6 Å². The number of aromatic nitrogens is 3. The summed E-state index contributed by atoms with van der Waals surface area (Å²) in [5.41, 5.74) is 1.75. The predicted octanol–water partition coefficient (Wildman–Crippen LogP) is 2.89. The molecule has 1 N–H and O–H groups in total. The first-order valence-corrected chi connectivity index (χ1v) is 9.14. The van der Waals surface area contributed by atoms with Crippen molar-refractivity contribution < 1.29 is 9.53 Å². The summed E-state index contributed by atoms with van der Waals surface area (Å²) in [4.78, 5) is 18.6. The van der Waals surface area contributed by atoms with Crippen molar-refractivity contribution in [3.8, 4) is 17.1 Å². The Kier molecular flexibility index (Phi) is 4.68. The highest BCUT2D eigenvalue weighted by molar-refractivity contribution is 5.76. The summed E-state index contributed by atoms with van der Waals surface area (Å²) in [6.07, 6.45) is 8.75. The van der Waals surface area contributed by atoms with Crippen LogP contribution in [-0.2, 0) is 4.79 Å². The molecule has 6 heteroatoms. The molecule has 2 aromatic heterocycles. The Hall–Kier alpha value is -2.37. The SMILES string of the molecule is O=C(CC1CC1)N1CCC(COc2ccc(-c3ccn[nH]3)nc2)CC1. The third-order valence-corrected chi connectivity index (χ3v) is 5.13. The fraction of sp³-hybridized carbons (Fsp3) is 0.526. The summed E-state index contributed by atoms with van der Waals surface area (Å²) in [6, 6.07) is 5.76. The molecule has 2 aliphatic rings. The van der Waals surface area contributed by atoms with E-state index in [0.717, 1.165) is 49.5 Å². The van der Waals surface area contributed by atoms with Gasteiger partial charge in [0.2, 0.25) is 5.91 Å². The second kappa shape index (κ2) is 7.25. The number of carbonyl (C=O) groups is 1. The number of amides is 1. The topological polar surface area (TPSA) is 71.1 Å². The zero-order valence-corrected chi connectivity index (χ0v) is 14.4. The van der Waals surface area contributed by atoms with Gasteiger partial charge in [0.25, 0.3) is 0 Å². The Morgan fingerprint density at radius 3 is 2.64 bits per heavy atom. The van der Waals surface area contributed by atoms with Gasteiger partial charge in [-0.05, 0) is 55.7 Å². The molecule has 0 spiro atoms. The van der Waals surface area contributed by atoms with Crippen molar-refractivity contribution in [1.82, 2.24) is 20.1 Å². The number of likely N-dealkylation sites (tertiary alicyclic amines) is 1. The summed E-state index contributed by atoms with van der Waals surface area (Å²) in [5.74, 6) is 2.32. The van der Waals surface area contributed by atoms with E-state index < -0.39 is 0 Å². The number of H-pyrrole nitrogens is 1. The number of hydrogen-bond donors (Lipinski definition) is 1. The van der Waals surface area contributed by atoms with Crippen LogP contribution in [0, 0.1) is 11.8 Å². The van der Waals surface area contributed by atoms with Crippen LogP contribution >= 0.6 is 0 Å². The van der Waals surface area contributed by atoms with Crippen LogP contribution < -0.4 is 4.74 Å². The van der Waals surface area contributed by atoms with E-state index in [-0.39, 0.29) is 0 Å². The molecule has 132 valence electrons. The summed E-state index contributed by atoms with van der Waals surface area (Å²) in [6.45, 7) is 2.43. The van der Waals surface area contributed by atoms with Gasteiger partial charge in [0, 0.05) is 25.7 Å². The number of nitrogens with one attached hydrogen (secondary N) is 1. The second-order valence-corrected chi connectivity index (χ2v) is 7.13. The number of hydrogen-bond acceptors (Lipinski definition) is 4. The van der Waals surface area contributed by atoms with Crippen LogP contribution in [0.15, 0.2) is 30.6 Å². The van der Waals surface area contributed by atoms with Crippen molar-refractivity contribution >= 4 is 5.91 Å². The number of carbonyl (C=O) groups excluding carboxylic acids is 1. The Bertz CT molecular complexity index is 687. The standard InChI is InChI=1S/C19H24N4O2/c24-19(11-14-1-2-14)23-9-6-15(7-10-23)13-25-16-3-4-17(20-12-16)18-5-8-21-22-18/h3-5,8,12,14-15H,1-2,6-7,9-11,13H2,(H,21,22). The molecule has 0 radical (unpaired) electrons. The number of nitrogens with zero attached hydrogens (tertiary/aromatic N) is 3. The number of pyridine rings is 1. The molecule has 2 fully saturated rings. The average molecular weight is 340 g/mol. The van der Waals surface area contributed by atoms with Crippen molar-refractivity contribution in [2.45, 2.75) is 32.1 Å². The second-order valence-electron chi connectivity index (χ2n) is 7.13. The monoisotopic (exact) mass is 340 g/mol. The molecule has 0 atom stereocenters. The number of piperidine rings is 1. The lowest BCUT2D eigenvalue weighted by Crippen LogP contribution is -2.39. The maximum absolute atomic E-state index is 12.1. The molecule has 1 amide bonds. The minimum Gasteiger partial charge on any atom is -0.492 e. The summed E-state index contributed by atoms with van der Waals surface area (Å²) >= 11 is 0. The van der Waals surface area contributed by atoms with Crippen molar-refractivity contribution in [3.63, 3.8) is 0 Å². The van der Waals surface area contributed by atoms with Gasteiger partial charge in [0.1, 0.15) is 5.75 Å². The van der Waals surface area contributed by atoms with Crippen LogP contribution in [0.5, 0.6) is 5.75 Å². The summed E-state index contributed by atoms with van der Waals surface area (Å²) in [5, 5.41) is 6.83. The van der Waals surface area contributed by atoms with Gasteiger partial charge < -0.3 is 9.64 Å². The minimum atomic E-state index is 0.348. The molecule has 2 aromatic rings. The molecule has 6 nitrogen and oxygen atoms in total. The Balaban J connectivity index is 1.22. The normalized spacial score (nSPS) is 18.3. The van der Waals surface area contributed by atoms with E-state index in [1.54, 1.807) is 12.4 Å². The van der Waals surface area contributed by atoms with Gasteiger partial charge in [-0.2, -0.15) is 5.10 Å². The molecule has 1 saturated carbocycles. The van der Waals surface area contributed by atoms with E-state index in [2.05, 4.69) is 15.2 Å². The maximum Gasteiger partial charge on any atom is 0.222 e. The average Bonchev–Trinajstić information content (AvgIpc) is 3.30. The smallest absolute Gasteiger partial charge is 0.222 e. The summed E-state index contributed by atoms with van der Waals surface area (Å²) < 4.78 is 5.90. The summed E-state index contributed by atoms with van der Waals surface area (Å²) in [7, 11) is 0. The highest BCUT2D eigenvalue weighted by Gasteiger charge is 2.29. The van der Waals surface area contributed by atoms with E-state index in [1.807, 2.05) is 23.1 Å². The molecular formula is C19H24N4O2. The molecule has 4 rings (SSSR count). The quantitative estimate of drug-likeness (QED) is 0.878. The van der Waals surface area contributed by atoms with E-state index in [4.69, 9.17) is 4.74 Å². The van der Waals surface area contributed by atoms with Gasteiger partial charge in [0.15, 0.2) is 0 Å². The Morgan fingerprint density at radius 1 is 1.16 bits per heavy atom. The number of ether oxygens (including phenoxy) is 1. The van der Waals surface area contributed by atoms with Gasteiger partial charge in [-0.1, -0.05) is 0 Å². The van der Waals surface area contributed by atoms with Gasteiger partial charge in [-0.25, -0.2) is 0 Å². The fourth-order valence-corrected chi connectivity index (χ4v) is 3.28. The molecule has 0 aromatic carbocycles. The molecule has 25 heavy (non-hydrogen) atoms. The minimum absolute atomic E-state index is 0.348. The fourth-order valence-electron chi connectivity index (χ4n) is 3.28. The third-order valence-electron chi connectivity index (χ3n) is 5.13. The number of aromatic amines is 1. The van der Waals surface area contributed by atoms with Crippen molar-refractivity contribution in [2.75, 3.05) is 19.7 Å². The molecule has 0 bridgehead atoms. The van der Waals surface area contributed by atoms with Gasteiger partial charge >= 0.3 is 0 Å². The molecular weight excluding hydrogens is 316 g/mol. The van der Waals surface area contributed by atoms with E-state index >= 15 is 0 Å². The zero-order chi connectivity index (χ0) is 17.1. The van der Waals surface area contributed by atoms with E-state index in [1.165, 1.54) is 12.8 Å². The van der Waals surface area contributed by atoms with Crippen molar-refractivity contribution in [1.29, 1.82) is 0 Å². The lowest BCUT2D eigenvalue weighted by Gasteiger charge is -2.32. The van der Waals surface area contributed by atoms with E-state index in [0.29, 0.717) is 24.3 Å². The first kappa shape index (κ1) is 16.1. The first-order chi connectivity index (χ1) is 12.3. The number of rotatable bonds is 6. The van der Waals surface area contributed by atoms with Crippen molar-refractivity contribution in [2.24, 2.45) is 11.8 Å². The van der Waals surface area contributed by atoms with Crippen LogP contribution in [-0.4, -0.2) is 45.7 Å². The molecule has 0 unspecified atom stereocenters. The lowest BCUT2D eigenvalue weighted by atomic mass is 9.97. The Labute approximate surface area is 147 Å². The van der Waals surface area contributed by atoms with Crippen LogP contribution in [0.2, 0.25) is 0 Å². The van der Waals surface area contributed by atoms with Crippen LogP contribution in [0.3, 0.4) is 0 Å². The third kappa shape index (κ3) is 4.18. The van der Waals surface area contributed by atoms with Crippen LogP contribution in [0.4, 0.5) is 0 Å². The zero-order valence-electron chi connectivity index (χ0n) is 14.4. The Morgan fingerprint density at radius 2 is 2.00 bits per heavy atom. The van der Waals surface area contributed by atoms with Crippen LogP contribution in [0.25, 0.3) is 11.4 Å². The largest absolute Gasteiger partial charge is 0.492 e. The van der Waals surface area contributed by atoms with Gasteiger partial charge in [-0.15, -0.1) is 0 Å².